The Morgan fingerprint density at radius 2 is 2.08 bits per heavy atom. The summed E-state index contributed by atoms with van der Waals surface area (Å²) in [6.07, 6.45) is 1.52. The van der Waals surface area contributed by atoms with Crippen molar-refractivity contribution in [2.45, 2.75) is 18.9 Å². The molecule has 0 aromatic carbocycles. The van der Waals surface area contributed by atoms with Crippen LogP contribution in [0.3, 0.4) is 0 Å². The second-order valence-corrected chi connectivity index (χ2v) is 8.18. The van der Waals surface area contributed by atoms with E-state index < -0.39 is 28.6 Å². The molecule has 0 radical (unpaired) electrons. The van der Waals surface area contributed by atoms with Gasteiger partial charge < -0.3 is 19.6 Å². The van der Waals surface area contributed by atoms with Gasteiger partial charge in [0.15, 0.2) is 0 Å². The smallest absolute Gasteiger partial charge is 0.318 e. The third kappa shape index (κ3) is 5.65. The van der Waals surface area contributed by atoms with Crippen molar-refractivity contribution < 1.29 is 32.6 Å². The van der Waals surface area contributed by atoms with Crippen molar-refractivity contribution in [2.75, 3.05) is 52.1 Å². The first-order valence-corrected chi connectivity index (χ1v) is 9.85. The molecule has 1 N–H and O–H groups in total. The lowest BCUT2D eigenvalue weighted by atomic mass is 10.2. The number of carbonyl (C=O) groups is 3. The summed E-state index contributed by atoms with van der Waals surface area (Å²) in [5, 5.41) is 8.85. The molecule has 2 rings (SSSR count). The number of sulfonamides is 1. The van der Waals surface area contributed by atoms with Crippen LogP contribution < -0.4 is 0 Å². The molecule has 0 aromatic rings. The van der Waals surface area contributed by atoms with Gasteiger partial charge in [-0.25, -0.2) is 8.42 Å². The Morgan fingerprint density at radius 3 is 2.64 bits per heavy atom. The zero-order valence-corrected chi connectivity index (χ0v) is 14.9. The highest BCUT2D eigenvalue weighted by molar-refractivity contribution is 7.88. The second-order valence-electron chi connectivity index (χ2n) is 6.20. The first-order chi connectivity index (χ1) is 11.7. The highest BCUT2D eigenvalue weighted by Gasteiger charge is 2.31. The molecular weight excluding hydrogens is 354 g/mol. The zero-order chi connectivity index (χ0) is 18.6. The number of carboxylic acid groups (broad SMARTS) is 1. The largest absolute Gasteiger partial charge is 0.480 e. The number of hydrogen-bond acceptors (Lipinski definition) is 6. The maximum absolute atomic E-state index is 12.4. The number of ether oxygens (including phenoxy) is 1. The molecule has 142 valence electrons. The standard InChI is InChI=1S/C14H23N3O7S/c1-25(22,23)17(10-14(20)21)8-11-7-16(5-6-24-11)13(19)9-15-4-2-3-12(15)18/h11H,2-10H2,1H3,(H,20,21). The second kappa shape index (κ2) is 8.11. The van der Waals surface area contributed by atoms with E-state index in [0.717, 1.165) is 17.0 Å². The van der Waals surface area contributed by atoms with Crippen molar-refractivity contribution in [3.63, 3.8) is 0 Å². The van der Waals surface area contributed by atoms with E-state index in [1.54, 1.807) is 0 Å². The van der Waals surface area contributed by atoms with Crippen LogP contribution >= 0.6 is 0 Å². The number of aliphatic carboxylic acids is 1. The van der Waals surface area contributed by atoms with E-state index in [1.165, 1.54) is 9.80 Å². The Balaban J connectivity index is 1.93. The number of carboxylic acids is 1. The van der Waals surface area contributed by atoms with E-state index in [9.17, 15) is 22.8 Å². The summed E-state index contributed by atoms with van der Waals surface area (Å²) in [5.41, 5.74) is 0. The topological polar surface area (TPSA) is 125 Å². The summed E-state index contributed by atoms with van der Waals surface area (Å²) in [5.74, 6) is -1.52. The van der Waals surface area contributed by atoms with Crippen molar-refractivity contribution in [3.05, 3.63) is 0 Å². The average Bonchev–Trinajstić information content (AvgIpc) is 2.91. The molecule has 25 heavy (non-hydrogen) atoms. The van der Waals surface area contributed by atoms with E-state index >= 15 is 0 Å². The highest BCUT2D eigenvalue weighted by atomic mass is 32.2. The van der Waals surface area contributed by atoms with Gasteiger partial charge in [0.1, 0.15) is 6.54 Å². The van der Waals surface area contributed by atoms with Crippen LogP contribution in [0.1, 0.15) is 12.8 Å². The molecule has 0 aliphatic carbocycles. The van der Waals surface area contributed by atoms with E-state index in [4.69, 9.17) is 9.84 Å². The van der Waals surface area contributed by atoms with Crippen LogP contribution in [-0.2, 0) is 29.1 Å². The van der Waals surface area contributed by atoms with Gasteiger partial charge in [0, 0.05) is 32.6 Å². The molecule has 2 aliphatic heterocycles. The molecular formula is C14H23N3O7S. The van der Waals surface area contributed by atoms with Crippen LogP contribution in [0.4, 0.5) is 0 Å². The summed E-state index contributed by atoms with van der Waals surface area (Å²) in [7, 11) is -3.71. The Morgan fingerprint density at radius 1 is 1.36 bits per heavy atom. The lowest BCUT2D eigenvalue weighted by Gasteiger charge is -2.35. The van der Waals surface area contributed by atoms with Gasteiger partial charge in [0.2, 0.25) is 21.8 Å². The molecule has 2 saturated heterocycles. The predicted octanol–water partition coefficient (Wildman–Crippen LogP) is -1.82. The number of amides is 2. The molecule has 2 heterocycles. The maximum Gasteiger partial charge on any atom is 0.318 e. The number of nitrogens with zero attached hydrogens (tertiary/aromatic N) is 3. The average molecular weight is 377 g/mol. The van der Waals surface area contributed by atoms with Gasteiger partial charge in [-0.1, -0.05) is 0 Å². The maximum atomic E-state index is 12.4. The molecule has 1 atom stereocenters. The fraction of sp³-hybridized carbons (Fsp3) is 0.786. The highest BCUT2D eigenvalue weighted by Crippen LogP contribution is 2.13. The van der Waals surface area contributed by atoms with E-state index in [2.05, 4.69) is 0 Å². The molecule has 2 aliphatic rings. The van der Waals surface area contributed by atoms with Gasteiger partial charge in [0.05, 0.1) is 25.5 Å². The number of likely N-dealkylation sites (tertiary alicyclic amines) is 1. The number of morpholine rings is 1. The summed E-state index contributed by atoms with van der Waals surface area (Å²) >= 11 is 0. The van der Waals surface area contributed by atoms with Gasteiger partial charge in [-0.2, -0.15) is 4.31 Å². The van der Waals surface area contributed by atoms with Gasteiger partial charge in [-0.05, 0) is 6.42 Å². The molecule has 1 unspecified atom stereocenters. The minimum absolute atomic E-state index is 0.0104. The molecule has 10 nitrogen and oxygen atoms in total. The Labute approximate surface area is 146 Å². The first-order valence-electron chi connectivity index (χ1n) is 8.01. The van der Waals surface area contributed by atoms with Crippen LogP contribution in [0.25, 0.3) is 0 Å². The van der Waals surface area contributed by atoms with Crippen molar-refractivity contribution >= 4 is 27.8 Å². The normalized spacial score (nSPS) is 21.8. The van der Waals surface area contributed by atoms with Gasteiger partial charge in [-0.15, -0.1) is 0 Å². The number of carbonyl (C=O) groups excluding carboxylic acids is 2. The van der Waals surface area contributed by atoms with Crippen molar-refractivity contribution in [2.24, 2.45) is 0 Å². The quantitative estimate of drug-likeness (QED) is 0.554. The van der Waals surface area contributed by atoms with Gasteiger partial charge in [-0.3, -0.25) is 14.4 Å². The predicted molar refractivity (Wildman–Crippen MR) is 86.2 cm³/mol. The SMILES string of the molecule is CS(=O)(=O)N(CC(=O)O)CC1CN(C(=O)CN2CCCC2=O)CCO1. The van der Waals surface area contributed by atoms with Gasteiger partial charge >= 0.3 is 5.97 Å². The summed E-state index contributed by atoms with van der Waals surface area (Å²) in [4.78, 5) is 37.9. The lowest BCUT2D eigenvalue weighted by molar-refractivity contribution is -0.144. The molecule has 2 amide bonds. The number of hydrogen-bond donors (Lipinski definition) is 1. The van der Waals surface area contributed by atoms with Crippen molar-refractivity contribution in [3.8, 4) is 0 Å². The molecule has 0 spiro atoms. The summed E-state index contributed by atoms with van der Waals surface area (Å²) in [6, 6.07) is 0. The summed E-state index contributed by atoms with van der Waals surface area (Å²) < 4.78 is 29.7. The molecule has 0 aromatic heterocycles. The molecule has 11 heteroatoms. The van der Waals surface area contributed by atoms with Crippen LogP contribution in [0.15, 0.2) is 0 Å². The first kappa shape index (κ1) is 19.6. The Hall–Kier alpha value is -1.72. The van der Waals surface area contributed by atoms with Crippen LogP contribution in [-0.4, -0.2) is 104 Å². The van der Waals surface area contributed by atoms with Crippen LogP contribution in [0.5, 0.6) is 0 Å². The Kier molecular flexibility index (Phi) is 6.36. The van der Waals surface area contributed by atoms with Gasteiger partial charge in [0.25, 0.3) is 0 Å². The third-order valence-electron chi connectivity index (χ3n) is 4.18. The number of rotatable bonds is 7. The van der Waals surface area contributed by atoms with Crippen molar-refractivity contribution in [1.82, 2.24) is 14.1 Å². The molecule has 0 saturated carbocycles. The van der Waals surface area contributed by atoms with E-state index in [-0.39, 0.29) is 38.1 Å². The summed E-state index contributed by atoms with van der Waals surface area (Å²) in [6.45, 7) is 0.526. The van der Waals surface area contributed by atoms with Crippen LogP contribution in [0, 0.1) is 0 Å². The van der Waals surface area contributed by atoms with Crippen molar-refractivity contribution in [1.29, 1.82) is 0 Å². The zero-order valence-electron chi connectivity index (χ0n) is 14.1. The monoisotopic (exact) mass is 377 g/mol. The minimum Gasteiger partial charge on any atom is -0.480 e. The van der Waals surface area contributed by atoms with Crippen LogP contribution in [0.2, 0.25) is 0 Å². The fourth-order valence-electron chi connectivity index (χ4n) is 2.89. The Bertz CT molecular complexity index is 636. The minimum atomic E-state index is -3.71. The fourth-order valence-corrected chi connectivity index (χ4v) is 3.67. The lowest BCUT2D eigenvalue weighted by Crippen LogP contribution is -2.53. The van der Waals surface area contributed by atoms with E-state index in [1.807, 2.05) is 0 Å². The molecule has 0 bridgehead atoms. The third-order valence-corrected chi connectivity index (χ3v) is 5.39. The molecule has 2 fully saturated rings. The van der Waals surface area contributed by atoms with E-state index in [0.29, 0.717) is 19.5 Å².